The molecule has 0 saturated heterocycles. The van der Waals surface area contributed by atoms with Crippen LogP contribution in [0.4, 0.5) is 27.6 Å². The van der Waals surface area contributed by atoms with Crippen molar-refractivity contribution in [3.8, 4) is 5.69 Å². The van der Waals surface area contributed by atoms with Crippen LogP contribution in [0.25, 0.3) is 5.69 Å². The van der Waals surface area contributed by atoms with E-state index in [1.807, 2.05) is 0 Å². The number of hydrogen-bond acceptors (Lipinski definition) is 3. The third-order valence-electron chi connectivity index (χ3n) is 3.79. The Hall–Kier alpha value is -3.01. The molecule has 1 heterocycles. The van der Waals surface area contributed by atoms with Crippen LogP contribution in [0.15, 0.2) is 36.4 Å². The smallest absolute Gasteiger partial charge is 0.321 e. The van der Waals surface area contributed by atoms with Gasteiger partial charge in [0.2, 0.25) is 0 Å². The number of alkyl halides is 3. The van der Waals surface area contributed by atoms with Gasteiger partial charge in [0.25, 0.3) is 5.91 Å². The van der Waals surface area contributed by atoms with E-state index < -0.39 is 29.3 Å². The van der Waals surface area contributed by atoms with Crippen LogP contribution in [0, 0.1) is 18.6 Å². The van der Waals surface area contributed by atoms with E-state index in [2.05, 4.69) is 15.6 Å². The molecule has 11 heteroatoms. The summed E-state index contributed by atoms with van der Waals surface area (Å²) in [5.41, 5.74) is -1.39. The minimum Gasteiger partial charge on any atom is -0.321 e. The highest BCUT2D eigenvalue weighted by Gasteiger charge is 2.34. The lowest BCUT2D eigenvalue weighted by atomic mass is 10.1. The second kappa shape index (κ2) is 7.19. The van der Waals surface area contributed by atoms with Crippen LogP contribution >= 0.6 is 11.6 Å². The third kappa shape index (κ3) is 3.81. The fraction of sp³-hybridized carbons (Fsp3) is 0.118. The molecule has 0 unspecified atom stereocenters. The van der Waals surface area contributed by atoms with E-state index in [9.17, 15) is 26.7 Å². The Balaban J connectivity index is 1.88. The standard InChI is InChI=1S/C17H10ClF5N4O/c1-8-15(25-26-27(8)10-3-5-14(20)12(18)7-10)16(28)24-9-2-4-13(19)11(6-9)17(21,22)23/h2-7H,1H3,(H,24,28). The number of nitrogens with zero attached hydrogens (tertiary/aromatic N) is 3. The van der Waals surface area contributed by atoms with Gasteiger partial charge in [0.15, 0.2) is 5.69 Å². The van der Waals surface area contributed by atoms with E-state index in [0.29, 0.717) is 17.8 Å². The van der Waals surface area contributed by atoms with Crippen LogP contribution in [-0.4, -0.2) is 20.9 Å². The monoisotopic (exact) mass is 416 g/mol. The summed E-state index contributed by atoms with van der Waals surface area (Å²) in [5.74, 6) is -2.95. The molecule has 0 aliphatic rings. The largest absolute Gasteiger partial charge is 0.419 e. The van der Waals surface area contributed by atoms with Gasteiger partial charge in [-0.25, -0.2) is 13.5 Å². The van der Waals surface area contributed by atoms with E-state index in [0.717, 1.165) is 12.1 Å². The van der Waals surface area contributed by atoms with Crippen molar-refractivity contribution < 1.29 is 26.7 Å². The van der Waals surface area contributed by atoms with Gasteiger partial charge in [0, 0.05) is 5.69 Å². The van der Waals surface area contributed by atoms with Gasteiger partial charge in [-0.15, -0.1) is 5.10 Å². The number of hydrogen-bond donors (Lipinski definition) is 1. The average Bonchev–Trinajstić information content (AvgIpc) is 2.99. The molecule has 0 saturated carbocycles. The lowest BCUT2D eigenvalue weighted by Crippen LogP contribution is -2.16. The number of carbonyl (C=O) groups excluding carboxylic acids is 1. The van der Waals surface area contributed by atoms with Crippen LogP contribution < -0.4 is 5.32 Å². The van der Waals surface area contributed by atoms with Crippen LogP contribution in [0.3, 0.4) is 0 Å². The molecular formula is C17H10ClF5N4O. The number of benzene rings is 2. The van der Waals surface area contributed by atoms with Gasteiger partial charge < -0.3 is 5.32 Å². The molecule has 0 radical (unpaired) electrons. The Morgan fingerprint density at radius 1 is 1.11 bits per heavy atom. The van der Waals surface area contributed by atoms with Gasteiger partial charge in [-0.2, -0.15) is 13.2 Å². The normalized spacial score (nSPS) is 11.5. The summed E-state index contributed by atoms with van der Waals surface area (Å²) in [5, 5.41) is 9.53. The summed E-state index contributed by atoms with van der Waals surface area (Å²) in [6.45, 7) is 1.48. The topological polar surface area (TPSA) is 59.8 Å². The molecule has 3 aromatic rings. The van der Waals surface area contributed by atoms with Crippen molar-refractivity contribution in [3.63, 3.8) is 0 Å². The molecule has 1 N–H and O–H groups in total. The number of aromatic nitrogens is 3. The number of halogens is 6. The predicted molar refractivity (Wildman–Crippen MR) is 90.4 cm³/mol. The highest BCUT2D eigenvalue weighted by atomic mass is 35.5. The number of rotatable bonds is 3. The van der Waals surface area contributed by atoms with E-state index >= 15 is 0 Å². The third-order valence-corrected chi connectivity index (χ3v) is 4.08. The Kier molecular flexibility index (Phi) is 5.07. The maximum atomic E-state index is 13.3. The van der Waals surface area contributed by atoms with E-state index in [-0.39, 0.29) is 22.1 Å². The minimum atomic E-state index is -4.91. The van der Waals surface area contributed by atoms with E-state index in [4.69, 9.17) is 11.6 Å². The maximum absolute atomic E-state index is 13.3. The number of amides is 1. The van der Waals surface area contributed by atoms with Gasteiger partial charge in [-0.1, -0.05) is 16.8 Å². The first-order valence-electron chi connectivity index (χ1n) is 7.63. The van der Waals surface area contributed by atoms with Crippen LogP contribution in [-0.2, 0) is 6.18 Å². The van der Waals surface area contributed by atoms with E-state index in [1.54, 1.807) is 0 Å². The second-order valence-corrected chi connectivity index (χ2v) is 6.09. The summed E-state index contributed by atoms with van der Waals surface area (Å²) in [4.78, 5) is 12.4. The van der Waals surface area contributed by atoms with Crippen molar-refractivity contribution in [2.24, 2.45) is 0 Å². The number of nitrogens with one attached hydrogen (secondary N) is 1. The van der Waals surface area contributed by atoms with Crippen molar-refractivity contribution in [3.05, 3.63) is 70.0 Å². The zero-order valence-electron chi connectivity index (χ0n) is 14.0. The molecule has 146 valence electrons. The van der Waals surface area contributed by atoms with Gasteiger partial charge in [-0.05, 0) is 43.3 Å². The van der Waals surface area contributed by atoms with Gasteiger partial charge >= 0.3 is 6.18 Å². The Morgan fingerprint density at radius 3 is 2.43 bits per heavy atom. The molecule has 3 rings (SSSR count). The first kappa shape index (κ1) is 19.7. The lowest BCUT2D eigenvalue weighted by molar-refractivity contribution is -0.139. The first-order chi connectivity index (χ1) is 13.1. The molecule has 1 aromatic heterocycles. The Morgan fingerprint density at radius 2 is 1.79 bits per heavy atom. The fourth-order valence-electron chi connectivity index (χ4n) is 2.41. The molecule has 0 atom stereocenters. The van der Waals surface area contributed by atoms with Crippen molar-refractivity contribution in [1.82, 2.24) is 15.0 Å². The Bertz CT molecular complexity index is 1060. The molecule has 5 nitrogen and oxygen atoms in total. The van der Waals surface area contributed by atoms with Crippen LogP contribution in [0.5, 0.6) is 0 Å². The zero-order chi connectivity index (χ0) is 20.6. The molecule has 1 amide bonds. The molecule has 0 spiro atoms. The molecule has 0 bridgehead atoms. The lowest BCUT2D eigenvalue weighted by Gasteiger charge is -2.10. The summed E-state index contributed by atoms with van der Waals surface area (Å²) >= 11 is 5.72. The quantitative estimate of drug-likeness (QED) is 0.625. The SMILES string of the molecule is Cc1c(C(=O)Nc2ccc(F)c(C(F)(F)F)c2)nnn1-c1ccc(F)c(Cl)c1. The predicted octanol–water partition coefficient (Wildman–Crippen LogP) is 4.78. The molecule has 2 aromatic carbocycles. The highest BCUT2D eigenvalue weighted by molar-refractivity contribution is 6.30. The highest BCUT2D eigenvalue weighted by Crippen LogP contribution is 2.33. The van der Waals surface area contributed by atoms with Crippen molar-refractivity contribution >= 4 is 23.2 Å². The summed E-state index contributed by atoms with van der Waals surface area (Å²) in [6.07, 6.45) is -4.91. The van der Waals surface area contributed by atoms with Gasteiger partial charge in [0.1, 0.15) is 11.6 Å². The van der Waals surface area contributed by atoms with E-state index in [1.165, 1.54) is 23.7 Å². The molecule has 0 fully saturated rings. The second-order valence-electron chi connectivity index (χ2n) is 5.68. The Labute approximate surface area is 159 Å². The zero-order valence-corrected chi connectivity index (χ0v) is 14.7. The molecule has 0 aliphatic carbocycles. The van der Waals surface area contributed by atoms with Crippen LogP contribution in [0.2, 0.25) is 5.02 Å². The van der Waals surface area contributed by atoms with Crippen molar-refractivity contribution in [2.75, 3.05) is 5.32 Å². The average molecular weight is 417 g/mol. The molecule has 0 aliphatic heterocycles. The number of anilines is 1. The molecular weight excluding hydrogens is 407 g/mol. The minimum absolute atomic E-state index is 0.163. The summed E-state index contributed by atoms with van der Waals surface area (Å²) < 4.78 is 66.2. The molecule has 28 heavy (non-hydrogen) atoms. The van der Waals surface area contributed by atoms with Crippen molar-refractivity contribution in [2.45, 2.75) is 13.1 Å². The summed E-state index contributed by atoms with van der Waals surface area (Å²) in [7, 11) is 0. The van der Waals surface area contributed by atoms with Crippen LogP contribution in [0.1, 0.15) is 21.7 Å². The van der Waals surface area contributed by atoms with Gasteiger partial charge in [-0.3, -0.25) is 4.79 Å². The van der Waals surface area contributed by atoms with Crippen molar-refractivity contribution in [1.29, 1.82) is 0 Å². The van der Waals surface area contributed by atoms with Gasteiger partial charge in [0.05, 0.1) is 22.0 Å². The summed E-state index contributed by atoms with van der Waals surface area (Å²) in [6, 6.07) is 5.81. The maximum Gasteiger partial charge on any atom is 0.419 e. The first-order valence-corrected chi connectivity index (χ1v) is 8.01. The fourth-order valence-corrected chi connectivity index (χ4v) is 2.59. The number of carbonyl (C=O) groups is 1.